The summed E-state index contributed by atoms with van der Waals surface area (Å²) in [5.41, 5.74) is 2.19. The molecule has 0 aliphatic rings. The molecule has 0 radical (unpaired) electrons. The minimum Gasteiger partial charge on any atom is -0.345 e. The van der Waals surface area contributed by atoms with Crippen LogP contribution in [-0.4, -0.2) is 21.1 Å². The van der Waals surface area contributed by atoms with E-state index >= 15 is 0 Å². The number of benzene rings is 1. The molecule has 0 unspecified atom stereocenters. The van der Waals surface area contributed by atoms with Gasteiger partial charge in [0.1, 0.15) is 5.69 Å². The first-order chi connectivity index (χ1) is 9.72. The zero-order valence-corrected chi connectivity index (χ0v) is 11.1. The second-order valence-corrected chi connectivity index (χ2v) is 4.64. The Balaban J connectivity index is 1.75. The summed E-state index contributed by atoms with van der Waals surface area (Å²) in [6.07, 6.45) is 1.71. The molecule has 2 aromatic heterocycles. The molecule has 0 bridgehead atoms. The number of aryl methyl sites for hydroxylation is 1. The zero-order valence-electron chi connectivity index (χ0n) is 11.1. The van der Waals surface area contributed by atoms with Gasteiger partial charge in [0.15, 0.2) is 0 Å². The fourth-order valence-electron chi connectivity index (χ4n) is 2.03. The topological polar surface area (TPSA) is 70.7 Å². The molecule has 3 aromatic rings. The molecule has 0 saturated heterocycles. The molecule has 2 N–H and O–H groups in total. The summed E-state index contributed by atoms with van der Waals surface area (Å²) < 4.78 is 0. The number of carbonyl (C=O) groups is 1. The van der Waals surface area contributed by atoms with E-state index in [1.165, 1.54) is 0 Å². The Kier molecular flexibility index (Phi) is 3.16. The van der Waals surface area contributed by atoms with Crippen molar-refractivity contribution >= 4 is 16.7 Å². The van der Waals surface area contributed by atoms with Gasteiger partial charge in [-0.3, -0.25) is 14.9 Å². The minimum atomic E-state index is -0.198. The number of fused-ring (bicyclic) bond motifs is 1. The Bertz CT molecular complexity index is 763. The van der Waals surface area contributed by atoms with Crippen LogP contribution in [0, 0.1) is 6.92 Å². The quantitative estimate of drug-likeness (QED) is 0.763. The van der Waals surface area contributed by atoms with Gasteiger partial charge in [0.25, 0.3) is 5.91 Å². The van der Waals surface area contributed by atoms with Crippen LogP contribution in [-0.2, 0) is 6.54 Å². The predicted octanol–water partition coefficient (Wildman–Crippen LogP) is 2.20. The van der Waals surface area contributed by atoms with Crippen molar-refractivity contribution in [2.45, 2.75) is 13.5 Å². The summed E-state index contributed by atoms with van der Waals surface area (Å²) in [6.45, 7) is 2.31. The third-order valence-corrected chi connectivity index (χ3v) is 3.05. The van der Waals surface area contributed by atoms with Crippen molar-refractivity contribution in [2.75, 3.05) is 0 Å². The number of aromatic amines is 1. The van der Waals surface area contributed by atoms with Crippen LogP contribution in [0.25, 0.3) is 10.8 Å². The molecule has 0 aliphatic carbocycles. The summed E-state index contributed by atoms with van der Waals surface area (Å²) in [7, 11) is 0. The van der Waals surface area contributed by atoms with Gasteiger partial charge in [0.05, 0.1) is 12.2 Å². The van der Waals surface area contributed by atoms with Crippen molar-refractivity contribution in [3.63, 3.8) is 0 Å². The van der Waals surface area contributed by atoms with Gasteiger partial charge in [0, 0.05) is 17.3 Å². The van der Waals surface area contributed by atoms with E-state index in [0.29, 0.717) is 12.2 Å². The maximum absolute atomic E-state index is 12.1. The largest absolute Gasteiger partial charge is 0.345 e. The number of rotatable bonds is 3. The summed E-state index contributed by atoms with van der Waals surface area (Å²) in [5, 5.41) is 11.7. The van der Waals surface area contributed by atoms with Gasteiger partial charge in [-0.25, -0.2) is 0 Å². The first kappa shape index (κ1) is 12.3. The van der Waals surface area contributed by atoms with Gasteiger partial charge in [0.2, 0.25) is 0 Å². The number of nitrogens with zero attached hydrogens (tertiary/aromatic N) is 2. The molecule has 1 amide bonds. The highest BCUT2D eigenvalue weighted by Crippen LogP contribution is 2.13. The van der Waals surface area contributed by atoms with E-state index in [2.05, 4.69) is 20.5 Å². The number of aromatic nitrogens is 3. The predicted molar refractivity (Wildman–Crippen MR) is 76.2 cm³/mol. The highest BCUT2D eigenvalue weighted by Gasteiger charge is 2.08. The number of hydrogen-bond acceptors (Lipinski definition) is 3. The molecule has 3 rings (SSSR count). The lowest BCUT2D eigenvalue weighted by Crippen LogP contribution is -2.23. The normalized spacial score (nSPS) is 10.7. The van der Waals surface area contributed by atoms with Crippen molar-refractivity contribution in [2.24, 2.45) is 0 Å². The Hall–Kier alpha value is -2.69. The second kappa shape index (κ2) is 5.13. The number of hydrogen-bond donors (Lipinski definition) is 2. The van der Waals surface area contributed by atoms with Gasteiger partial charge >= 0.3 is 0 Å². The molecular weight excluding hydrogens is 252 g/mol. The van der Waals surface area contributed by atoms with Crippen molar-refractivity contribution in [1.29, 1.82) is 0 Å². The highest BCUT2D eigenvalue weighted by atomic mass is 16.1. The molecule has 5 nitrogen and oxygen atoms in total. The Labute approximate surface area is 116 Å². The van der Waals surface area contributed by atoms with Crippen LogP contribution in [0.15, 0.2) is 42.6 Å². The monoisotopic (exact) mass is 266 g/mol. The summed E-state index contributed by atoms with van der Waals surface area (Å²) in [5.74, 6) is -0.198. The summed E-state index contributed by atoms with van der Waals surface area (Å²) in [6, 6.07) is 11.5. The first-order valence-corrected chi connectivity index (χ1v) is 6.36. The lowest BCUT2D eigenvalue weighted by molar-refractivity contribution is 0.0945. The standard InChI is InChI=1S/C15H14N4O/c1-10-6-13(19-18-10)9-17-15(20)14-7-11-4-2-3-5-12(11)8-16-14/h2-8H,9H2,1H3,(H,17,20)(H,18,19). The van der Waals surface area contributed by atoms with Crippen LogP contribution in [0.1, 0.15) is 21.9 Å². The summed E-state index contributed by atoms with van der Waals surface area (Å²) in [4.78, 5) is 16.2. The number of amides is 1. The molecule has 1 aromatic carbocycles. The van der Waals surface area contributed by atoms with E-state index in [-0.39, 0.29) is 5.91 Å². The summed E-state index contributed by atoms with van der Waals surface area (Å²) >= 11 is 0. The molecule has 0 spiro atoms. The van der Waals surface area contributed by atoms with Gasteiger partial charge in [-0.1, -0.05) is 24.3 Å². The zero-order chi connectivity index (χ0) is 13.9. The molecule has 0 saturated carbocycles. The lowest BCUT2D eigenvalue weighted by atomic mass is 10.1. The average Bonchev–Trinajstić information content (AvgIpc) is 2.90. The molecule has 0 fully saturated rings. The average molecular weight is 266 g/mol. The van der Waals surface area contributed by atoms with Gasteiger partial charge in [-0.15, -0.1) is 0 Å². The van der Waals surface area contributed by atoms with Crippen LogP contribution in [0.5, 0.6) is 0 Å². The van der Waals surface area contributed by atoms with Crippen LogP contribution in [0.3, 0.4) is 0 Å². The first-order valence-electron chi connectivity index (χ1n) is 6.36. The second-order valence-electron chi connectivity index (χ2n) is 4.64. The van der Waals surface area contributed by atoms with Crippen LogP contribution >= 0.6 is 0 Å². The number of nitrogens with one attached hydrogen (secondary N) is 2. The van der Waals surface area contributed by atoms with Crippen LogP contribution in [0.4, 0.5) is 0 Å². The molecule has 5 heteroatoms. The van der Waals surface area contributed by atoms with E-state index in [0.717, 1.165) is 22.2 Å². The van der Waals surface area contributed by atoms with E-state index in [9.17, 15) is 4.79 Å². The van der Waals surface area contributed by atoms with E-state index < -0.39 is 0 Å². The highest BCUT2D eigenvalue weighted by molar-refractivity contribution is 5.96. The SMILES string of the molecule is Cc1cc(CNC(=O)c2cc3ccccc3cn2)n[nH]1. The lowest BCUT2D eigenvalue weighted by Gasteiger charge is -2.04. The third kappa shape index (κ3) is 2.51. The molecule has 100 valence electrons. The fraction of sp³-hybridized carbons (Fsp3) is 0.133. The van der Waals surface area contributed by atoms with Crippen molar-refractivity contribution in [3.8, 4) is 0 Å². The van der Waals surface area contributed by atoms with Crippen molar-refractivity contribution in [1.82, 2.24) is 20.5 Å². The maximum Gasteiger partial charge on any atom is 0.270 e. The Morgan fingerprint density at radius 3 is 2.80 bits per heavy atom. The molecule has 2 heterocycles. The van der Waals surface area contributed by atoms with Crippen LogP contribution in [0.2, 0.25) is 0 Å². The van der Waals surface area contributed by atoms with E-state index in [4.69, 9.17) is 0 Å². The van der Waals surface area contributed by atoms with E-state index in [1.54, 1.807) is 12.3 Å². The van der Waals surface area contributed by atoms with Crippen molar-refractivity contribution in [3.05, 3.63) is 59.7 Å². The third-order valence-electron chi connectivity index (χ3n) is 3.05. The Morgan fingerprint density at radius 1 is 1.25 bits per heavy atom. The van der Waals surface area contributed by atoms with Gasteiger partial charge in [-0.05, 0) is 24.4 Å². The van der Waals surface area contributed by atoms with Crippen molar-refractivity contribution < 1.29 is 4.79 Å². The Morgan fingerprint density at radius 2 is 2.05 bits per heavy atom. The number of pyridine rings is 1. The van der Waals surface area contributed by atoms with Crippen LogP contribution < -0.4 is 5.32 Å². The minimum absolute atomic E-state index is 0.198. The number of H-pyrrole nitrogens is 1. The molecular formula is C15H14N4O. The fourth-order valence-corrected chi connectivity index (χ4v) is 2.03. The van der Waals surface area contributed by atoms with Gasteiger partial charge < -0.3 is 5.32 Å². The van der Waals surface area contributed by atoms with Gasteiger partial charge in [-0.2, -0.15) is 5.10 Å². The van der Waals surface area contributed by atoms with E-state index in [1.807, 2.05) is 37.3 Å². The molecule has 0 aliphatic heterocycles. The maximum atomic E-state index is 12.1. The molecule has 20 heavy (non-hydrogen) atoms. The number of carbonyl (C=O) groups excluding carboxylic acids is 1. The molecule has 0 atom stereocenters. The smallest absolute Gasteiger partial charge is 0.270 e.